The summed E-state index contributed by atoms with van der Waals surface area (Å²) in [5.41, 5.74) is 1.79. The summed E-state index contributed by atoms with van der Waals surface area (Å²) in [5, 5.41) is 2.77. The summed E-state index contributed by atoms with van der Waals surface area (Å²) in [4.78, 5) is 23.3. The number of hydrogen-bond donors (Lipinski definition) is 1. The van der Waals surface area contributed by atoms with E-state index in [1.54, 1.807) is 18.2 Å². The van der Waals surface area contributed by atoms with E-state index in [2.05, 4.69) is 33.4 Å². The Balaban J connectivity index is 1.84. The lowest BCUT2D eigenvalue weighted by Crippen LogP contribution is -2.36. The van der Waals surface area contributed by atoms with Crippen molar-refractivity contribution >= 4 is 28.1 Å². The molecule has 0 radical (unpaired) electrons. The van der Waals surface area contributed by atoms with Crippen molar-refractivity contribution in [2.45, 2.75) is 25.3 Å². The maximum Gasteiger partial charge on any atom is 0.251 e. The first-order valence-electron chi connectivity index (χ1n) is 7.24. The molecule has 1 amide bonds. The molecule has 3 nitrogen and oxygen atoms in total. The third-order valence-corrected chi connectivity index (χ3v) is 3.88. The van der Waals surface area contributed by atoms with Crippen LogP contribution in [0.25, 0.3) is 0 Å². The van der Waals surface area contributed by atoms with Crippen LogP contribution < -0.4 is 5.32 Å². The molecule has 2 rings (SSSR count). The summed E-state index contributed by atoms with van der Waals surface area (Å²) < 4.78 is 0.840. The number of amides is 1. The number of nitrogens with one attached hydrogen (secondary N) is 1. The number of carbonyl (C=O) groups is 2. The van der Waals surface area contributed by atoms with Gasteiger partial charge in [0.2, 0.25) is 0 Å². The fourth-order valence-corrected chi connectivity index (χ4v) is 2.63. The SMILES string of the molecule is O=C[C@@H](CCCc1ccccc1)NC(=O)c1cccc(Br)c1. The highest BCUT2D eigenvalue weighted by Gasteiger charge is 2.13. The van der Waals surface area contributed by atoms with Gasteiger partial charge in [-0.05, 0) is 43.0 Å². The van der Waals surface area contributed by atoms with Crippen LogP contribution in [-0.2, 0) is 11.2 Å². The van der Waals surface area contributed by atoms with E-state index in [0.717, 1.165) is 23.6 Å². The molecule has 0 aromatic heterocycles. The average Bonchev–Trinajstić information content (AvgIpc) is 2.54. The summed E-state index contributed by atoms with van der Waals surface area (Å²) in [6.07, 6.45) is 3.20. The van der Waals surface area contributed by atoms with E-state index in [4.69, 9.17) is 0 Å². The fourth-order valence-electron chi connectivity index (χ4n) is 2.23. The maximum atomic E-state index is 12.1. The first-order chi connectivity index (χ1) is 10.7. The van der Waals surface area contributed by atoms with E-state index in [1.807, 2.05) is 24.3 Å². The van der Waals surface area contributed by atoms with Gasteiger partial charge >= 0.3 is 0 Å². The van der Waals surface area contributed by atoms with E-state index >= 15 is 0 Å². The van der Waals surface area contributed by atoms with Crippen molar-refractivity contribution in [1.82, 2.24) is 5.32 Å². The van der Waals surface area contributed by atoms with E-state index in [9.17, 15) is 9.59 Å². The molecule has 4 heteroatoms. The van der Waals surface area contributed by atoms with Crippen molar-refractivity contribution in [3.05, 3.63) is 70.2 Å². The molecule has 0 saturated carbocycles. The largest absolute Gasteiger partial charge is 0.343 e. The lowest BCUT2D eigenvalue weighted by molar-refractivity contribution is -0.109. The van der Waals surface area contributed by atoms with Crippen molar-refractivity contribution < 1.29 is 9.59 Å². The molecule has 2 aromatic carbocycles. The second-order valence-corrected chi connectivity index (χ2v) is 6.02. The van der Waals surface area contributed by atoms with Gasteiger partial charge in [0, 0.05) is 10.0 Å². The molecular weight excluding hydrogens is 342 g/mol. The van der Waals surface area contributed by atoms with Crippen LogP contribution in [0, 0.1) is 0 Å². The van der Waals surface area contributed by atoms with Crippen LogP contribution in [0.3, 0.4) is 0 Å². The summed E-state index contributed by atoms with van der Waals surface area (Å²) in [7, 11) is 0. The third kappa shape index (κ3) is 5.11. The highest BCUT2D eigenvalue weighted by atomic mass is 79.9. The quantitative estimate of drug-likeness (QED) is 0.764. The number of carbonyl (C=O) groups excluding carboxylic acids is 2. The van der Waals surface area contributed by atoms with Gasteiger partial charge in [0.15, 0.2) is 0 Å². The molecule has 0 spiro atoms. The number of aryl methyl sites for hydroxylation is 1. The lowest BCUT2D eigenvalue weighted by Gasteiger charge is -2.13. The van der Waals surface area contributed by atoms with Gasteiger partial charge in [-0.1, -0.05) is 52.3 Å². The molecule has 0 aliphatic heterocycles. The Morgan fingerprint density at radius 2 is 1.91 bits per heavy atom. The van der Waals surface area contributed by atoms with Crippen molar-refractivity contribution in [3.63, 3.8) is 0 Å². The van der Waals surface area contributed by atoms with Gasteiger partial charge in [0.05, 0.1) is 6.04 Å². The number of aldehydes is 1. The summed E-state index contributed by atoms with van der Waals surface area (Å²) in [6, 6.07) is 16.8. The van der Waals surface area contributed by atoms with Crippen molar-refractivity contribution in [1.29, 1.82) is 0 Å². The van der Waals surface area contributed by atoms with Crippen LogP contribution in [-0.4, -0.2) is 18.2 Å². The first-order valence-corrected chi connectivity index (χ1v) is 8.04. The molecule has 1 atom stereocenters. The minimum atomic E-state index is -0.449. The van der Waals surface area contributed by atoms with Crippen LogP contribution in [0.2, 0.25) is 0 Å². The molecule has 0 fully saturated rings. The Morgan fingerprint density at radius 3 is 2.59 bits per heavy atom. The van der Waals surface area contributed by atoms with Gasteiger partial charge < -0.3 is 10.1 Å². The highest BCUT2D eigenvalue weighted by molar-refractivity contribution is 9.10. The van der Waals surface area contributed by atoms with Gasteiger partial charge in [0.1, 0.15) is 6.29 Å². The smallest absolute Gasteiger partial charge is 0.251 e. The van der Waals surface area contributed by atoms with Crippen molar-refractivity contribution in [2.24, 2.45) is 0 Å². The molecule has 1 N–H and O–H groups in total. The van der Waals surface area contributed by atoms with E-state index in [-0.39, 0.29) is 5.91 Å². The zero-order valence-corrected chi connectivity index (χ0v) is 13.8. The number of rotatable bonds is 7. The molecule has 2 aromatic rings. The van der Waals surface area contributed by atoms with Gasteiger partial charge in [-0.25, -0.2) is 0 Å². The average molecular weight is 360 g/mol. The van der Waals surface area contributed by atoms with Crippen molar-refractivity contribution in [3.8, 4) is 0 Å². The summed E-state index contributed by atoms with van der Waals surface area (Å²) >= 11 is 3.33. The van der Waals surface area contributed by atoms with Crippen LogP contribution in [0.5, 0.6) is 0 Å². The van der Waals surface area contributed by atoms with Crippen LogP contribution in [0.1, 0.15) is 28.8 Å². The normalized spacial score (nSPS) is 11.7. The minimum absolute atomic E-state index is 0.224. The van der Waals surface area contributed by atoms with Crippen LogP contribution in [0.15, 0.2) is 59.1 Å². The molecule has 0 saturated heterocycles. The molecule has 0 aliphatic carbocycles. The zero-order chi connectivity index (χ0) is 15.8. The molecule has 0 heterocycles. The van der Waals surface area contributed by atoms with E-state index in [1.165, 1.54) is 5.56 Å². The number of benzene rings is 2. The van der Waals surface area contributed by atoms with Crippen molar-refractivity contribution in [2.75, 3.05) is 0 Å². The maximum absolute atomic E-state index is 12.1. The molecule has 0 bridgehead atoms. The molecule has 0 unspecified atom stereocenters. The lowest BCUT2D eigenvalue weighted by atomic mass is 10.0. The number of hydrogen-bond acceptors (Lipinski definition) is 2. The second-order valence-electron chi connectivity index (χ2n) is 5.10. The number of halogens is 1. The van der Waals surface area contributed by atoms with Gasteiger partial charge in [-0.2, -0.15) is 0 Å². The molecule has 114 valence electrons. The third-order valence-electron chi connectivity index (χ3n) is 3.39. The molecular formula is C18H18BrNO2. The minimum Gasteiger partial charge on any atom is -0.343 e. The Hall–Kier alpha value is -1.94. The van der Waals surface area contributed by atoms with Crippen LogP contribution >= 0.6 is 15.9 Å². The summed E-state index contributed by atoms with van der Waals surface area (Å²) in [5.74, 6) is -0.224. The van der Waals surface area contributed by atoms with Gasteiger partial charge in [-0.3, -0.25) is 4.79 Å². The monoisotopic (exact) mass is 359 g/mol. The van der Waals surface area contributed by atoms with Crippen LogP contribution in [0.4, 0.5) is 0 Å². The Bertz CT molecular complexity index is 628. The standard InChI is InChI=1S/C18H18BrNO2/c19-16-10-5-9-15(12-16)18(22)20-17(13-21)11-4-8-14-6-2-1-3-7-14/h1-3,5-7,9-10,12-13,17H,4,8,11H2,(H,20,22)/t17-/m1/s1. The highest BCUT2D eigenvalue weighted by Crippen LogP contribution is 2.12. The first kappa shape index (κ1) is 16.4. The topological polar surface area (TPSA) is 46.2 Å². The predicted molar refractivity (Wildman–Crippen MR) is 90.8 cm³/mol. The zero-order valence-electron chi connectivity index (χ0n) is 12.2. The fraction of sp³-hybridized carbons (Fsp3) is 0.222. The molecule has 0 aliphatic rings. The second kappa shape index (κ2) is 8.49. The van der Waals surface area contributed by atoms with Gasteiger partial charge in [0.25, 0.3) is 5.91 Å². The predicted octanol–water partition coefficient (Wildman–Crippen LogP) is 3.77. The Morgan fingerprint density at radius 1 is 1.14 bits per heavy atom. The van der Waals surface area contributed by atoms with Gasteiger partial charge in [-0.15, -0.1) is 0 Å². The Kier molecular flexibility index (Phi) is 6.34. The summed E-state index contributed by atoms with van der Waals surface area (Å²) in [6.45, 7) is 0. The van der Waals surface area contributed by atoms with E-state index in [0.29, 0.717) is 12.0 Å². The Labute approximate surface area is 138 Å². The van der Waals surface area contributed by atoms with E-state index < -0.39 is 6.04 Å². The molecule has 22 heavy (non-hydrogen) atoms.